The van der Waals surface area contributed by atoms with Crippen LogP contribution in [0.15, 0.2) is 54.6 Å². The van der Waals surface area contributed by atoms with Gasteiger partial charge in [0.15, 0.2) is 0 Å². The molecule has 0 bridgehead atoms. The molecule has 3 heteroatoms. The largest absolute Gasteiger partial charge is 0.301 e. The molecule has 3 atom stereocenters. The van der Waals surface area contributed by atoms with Gasteiger partial charge in [0.1, 0.15) is 12.3 Å². The van der Waals surface area contributed by atoms with Crippen LogP contribution in [0.1, 0.15) is 55.7 Å². The van der Waals surface area contributed by atoms with Gasteiger partial charge in [0.25, 0.3) is 0 Å². The molecule has 1 nitrogen and oxygen atoms in total. The molecule has 1 fully saturated rings. The van der Waals surface area contributed by atoms with Crippen LogP contribution < -0.4 is 0 Å². The monoisotopic (exact) mass is 385 g/mol. The number of rotatable bonds is 9. The average molecular weight is 386 g/mol. The van der Waals surface area contributed by atoms with E-state index in [0.29, 0.717) is 18.9 Å². The van der Waals surface area contributed by atoms with Crippen molar-refractivity contribution in [3.05, 3.63) is 71.3 Å². The molecule has 0 spiro atoms. The van der Waals surface area contributed by atoms with Crippen LogP contribution >= 0.6 is 0 Å². The lowest BCUT2D eigenvalue weighted by atomic mass is 9.95. The maximum atomic E-state index is 13.4. The molecule has 0 saturated heterocycles. The Morgan fingerprint density at radius 2 is 1.50 bits per heavy atom. The quantitative estimate of drug-likeness (QED) is 0.502. The predicted molar refractivity (Wildman–Crippen MR) is 113 cm³/mol. The number of hydrogen-bond acceptors (Lipinski definition) is 1. The zero-order valence-corrected chi connectivity index (χ0v) is 17.2. The molecule has 1 aliphatic rings. The summed E-state index contributed by atoms with van der Waals surface area (Å²) in [4.78, 5) is 2.54. The highest BCUT2D eigenvalue weighted by molar-refractivity contribution is 5.27. The molecule has 2 aromatic carbocycles. The van der Waals surface area contributed by atoms with Crippen LogP contribution in [0.3, 0.4) is 0 Å². The van der Waals surface area contributed by atoms with Gasteiger partial charge in [-0.25, -0.2) is 8.78 Å². The summed E-state index contributed by atoms with van der Waals surface area (Å²) in [6.45, 7) is 6.68. The summed E-state index contributed by atoms with van der Waals surface area (Å²) < 4.78 is 26.9. The number of benzene rings is 2. The van der Waals surface area contributed by atoms with Crippen molar-refractivity contribution >= 4 is 0 Å². The van der Waals surface area contributed by atoms with E-state index in [1.54, 1.807) is 0 Å². The Morgan fingerprint density at radius 1 is 0.893 bits per heavy atom. The zero-order chi connectivity index (χ0) is 19.9. The van der Waals surface area contributed by atoms with Gasteiger partial charge in [-0.05, 0) is 68.2 Å². The van der Waals surface area contributed by atoms with Crippen molar-refractivity contribution in [2.45, 2.75) is 70.3 Å². The SMILES string of the molecule is CCN(CCc1ccccc1)C(C)CCc1ccc(C2CC(F)C(F)C2)cc1. The van der Waals surface area contributed by atoms with E-state index in [0.717, 1.165) is 37.9 Å². The van der Waals surface area contributed by atoms with Gasteiger partial charge in [0, 0.05) is 12.6 Å². The van der Waals surface area contributed by atoms with Crippen LogP contribution in [0, 0.1) is 0 Å². The van der Waals surface area contributed by atoms with Gasteiger partial charge in [0.05, 0.1) is 0 Å². The van der Waals surface area contributed by atoms with Crippen LogP contribution in [0.2, 0.25) is 0 Å². The smallest absolute Gasteiger partial charge is 0.132 e. The van der Waals surface area contributed by atoms with Gasteiger partial charge < -0.3 is 4.90 Å². The molecular formula is C25H33F2N. The molecule has 152 valence electrons. The third kappa shape index (κ3) is 5.64. The molecular weight excluding hydrogens is 352 g/mol. The van der Waals surface area contributed by atoms with Gasteiger partial charge in [-0.15, -0.1) is 0 Å². The molecule has 1 saturated carbocycles. The standard InChI is InChI=1S/C25H33F2N/c1-3-28(16-15-20-7-5-4-6-8-20)19(2)9-10-21-11-13-22(14-12-21)23-17-24(26)25(27)18-23/h4-8,11-14,19,23-25H,3,9-10,15-18H2,1-2H3. The second kappa shape index (κ2) is 10.2. The zero-order valence-electron chi connectivity index (χ0n) is 17.2. The van der Waals surface area contributed by atoms with Gasteiger partial charge in [-0.3, -0.25) is 0 Å². The first-order valence-electron chi connectivity index (χ1n) is 10.7. The molecule has 0 aliphatic heterocycles. The molecule has 0 heterocycles. The van der Waals surface area contributed by atoms with Crippen molar-refractivity contribution in [3.8, 4) is 0 Å². The number of alkyl halides is 2. The van der Waals surface area contributed by atoms with Crippen molar-refractivity contribution < 1.29 is 8.78 Å². The van der Waals surface area contributed by atoms with Crippen molar-refractivity contribution in [2.75, 3.05) is 13.1 Å². The summed E-state index contributed by atoms with van der Waals surface area (Å²) in [5, 5.41) is 0. The molecule has 3 rings (SSSR count). The fraction of sp³-hybridized carbons (Fsp3) is 0.520. The number of hydrogen-bond donors (Lipinski definition) is 0. The lowest BCUT2D eigenvalue weighted by Crippen LogP contribution is -2.35. The Kier molecular flexibility index (Phi) is 7.61. The summed E-state index contributed by atoms with van der Waals surface area (Å²) in [6, 6.07) is 19.6. The van der Waals surface area contributed by atoms with Crippen molar-refractivity contribution in [1.29, 1.82) is 0 Å². The molecule has 1 aliphatic carbocycles. The van der Waals surface area contributed by atoms with Crippen molar-refractivity contribution in [2.24, 2.45) is 0 Å². The van der Waals surface area contributed by atoms with Crippen LogP contribution in [0.25, 0.3) is 0 Å². The number of likely N-dealkylation sites (N-methyl/N-ethyl adjacent to an activating group) is 1. The Bertz CT molecular complexity index is 690. The van der Waals surface area contributed by atoms with E-state index in [1.807, 2.05) is 0 Å². The van der Waals surface area contributed by atoms with E-state index in [1.165, 1.54) is 11.1 Å². The topological polar surface area (TPSA) is 3.24 Å². The molecule has 0 radical (unpaired) electrons. The minimum absolute atomic E-state index is 0.0338. The third-order valence-electron chi connectivity index (χ3n) is 6.27. The first kappa shape index (κ1) is 21.0. The van der Waals surface area contributed by atoms with Gasteiger partial charge in [-0.1, -0.05) is 61.5 Å². The van der Waals surface area contributed by atoms with Crippen LogP contribution in [-0.4, -0.2) is 36.4 Å². The van der Waals surface area contributed by atoms with Gasteiger partial charge >= 0.3 is 0 Å². The summed E-state index contributed by atoms with van der Waals surface area (Å²) in [6.07, 6.45) is 1.30. The van der Waals surface area contributed by atoms with E-state index in [4.69, 9.17) is 0 Å². The lowest BCUT2D eigenvalue weighted by Gasteiger charge is -2.28. The van der Waals surface area contributed by atoms with E-state index in [2.05, 4.69) is 73.3 Å². The van der Waals surface area contributed by atoms with Crippen LogP contribution in [-0.2, 0) is 12.8 Å². The third-order valence-corrected chi connectivity index (χ3v) is 6.27. The number of nitrogens with zero attached hydrogens (tertiary/aromatic N) is 1. The van der Waals surface area contributed by atoms with E-state index in [9.17, 15) is 8.78 Å². The van der Waals surface area contributed by atoms with E-state index >= 15 is 0 Å². The minimum Gasteiger partial charge on any atom is -0.301 e. The van der Waals surface area contributed by atoms with E-state index in [-0.39, 0.29) is 5.92 Å². The highest BCUT2D eigenvalue weighted by Gasteiger charge is 2.35. The highest BCUT2D eigenvalue weighted by atomic mass is 19.2. The highest BCUT2D eigenvalue weighted by Crippen LogP contribution is 2.38. The number of aryl methyl sites for hydroxylation is 1. The Morgan fingerprint density at radius 3 is 2.11 bits per heavy atom. The Labute approximate surface area is 168 Å². The second-order valence-electron chi connectivity index (χ2n) is 8.19. The predicted octanol–water partition coefficient (Wildman–Crippen LogP) is 6.13. The van der Waals surface area contributed by atoms with Crippen molar-refractivity contribution in [3.63, 3.8) is 0 Å². The molecule has 3 unspecified atom stereocenters. The Balaban J connectivity index is 1.47. The van der Waals surface area contributed by atoms with Crippen LogP contribution in [0.5, 0.6) is 0 Å². The molecule has 28 heavy (non-hydrogen) atoms. The number of halogens is 2. The summed E-state index contributed by atoms with van der Waals surface area (Å²) in [5.74, 6) is 0.0338. The van der Waals surface area contributed by atoms with Crippen LogP contribution in [0.4, 0.5) is 8.78 Å². The molecule has 2 aromatic rings. The molecule has 0 aromatic heterocycles. The normalized spacial score (nSPS) is 23.2. The van der Waals surface area contributed by atoms with Gasteiger partial charge in [0.2, 0.25) is 0 Å². The summed E-state index contributed by atoms with van der Waals surface area (Å²) in [7, 11) is 0. The van der Waals surface area contributed by atoms with Gasteiger partial charge in [-0.2, -0.15) is 0 Å². The lowest BCUT2D eigenvalue weighted by molar-refractivity contribution is 0.199. The maximum Gasteiger partial charge on any atom is 0.132 e. The Hall–Kier alpha value is -1.74. The van der Waals surface area contributed by atoms with E-state index < -0.39 is 12.3 Å². The summed E-state index contributed by atoms with van der Waals surface area (Å²) >= 11 is 0. The molecule has 0 N–H and O–H groups in total. The fourth-order valence-electron chi connectivity index (χ4n) is 4.33. The fourth-order valence-corrected chi connectivity index (χ4v) is 4.33. The maximum absolute atomic E-state index is 13.4. The average Bonchev–Trinajstić information content (AvgIpc) is 3.06. The summed E-state index contributed by atoms with van der Waals surface area (Å²) in [5.41, 5.74) is 3.78. The first-order chi connectivity index (χ1) is 13.6. The second-order valence-corrected chi connectivity index (χ2v) is 8.19. The molecule has 0 amide bonds. The van der Waals surface area contributed by atoms with Crippen molar-refractivity contribution in [1.82, 2.24) is 4.90 Å². The minimum atomic E-state index is -1.29. The first-order valence-corrected chi connectivity index (χ1v) is 10.7.